The summed E-state index contributed by atoms with van der Waals surface area (Å²) < 4.78 is 0. The molecule has 1 aliphatic heterocycles. The topological polar surface area (TPSA) is 80.5 Å². The Morgan fingerprint density at radius 1 is 1.00 bits per heavy atom. The highest BCUT2D eigenvalue weighted by Crippen LogP contribution is 2.44. The maximum atomic E-state index is 12.6. The van der Waals surface area contributed by atoms with Gasteiger partial charge < -0.3 is 0 Å². The number of fused-ring (bicyclic) bond motifs is 1. The number of imide groups is 1. The van der Waals surface area contributed by atoms with Crippen molar-refractivity contribution in [3.8, 4) is 0 Å². The minimum Gasteiger partial charge on any atom is -0.274 e. The van der Waals surface area contributed by atoms with E-state index in [-0.39, 0.29) is 39.0 Å². The first-order valence-corrected chi connectivity index (χ1v) is 8.63. The number of hydrogen-bond donors (Lipinski definition) is 0. The molecule has 4 atom stereocenters. The molecule has 2 fully saturated rings. The number of benzene rings is 1. The van der Waals surface area contributed by atoms with Crippen molar-refractivity contribution in [1.29, 1.82) is 0 Å². The van der Waals surface area contributed by atoms with E-state index in [1.165, 1.54) is 29.2 Å². The number of carbonyl (C=O) groups excluding carboxylic acids is 2. The minimum absolute atomic E-state index is 0.0682. The van der Waals surface area contributed by atoms with E-state index < -0.39 is 4.92 Å². The van der Waals surface area contributed by atoms with Crippen LogP contribution < -0.4 is 4.90 Å². The number of non-ortho nitro benzene ring substituents is 1. The molecule has 0 bridgehead atoms. The van der Waals surface area contributed by atoms with Crippen molar-refractivity contribution in [1.82, 2.24) is 0 Å². The predicted octanol–water partition coefficient (Wildman–Crippen LogP) is 3.02. The molecule has 1 aromatic rings. The number of alkyl halides is 2. The Morgan fingerprint density at radius 2 is 1.45 bits per heavy atom. The van der Waals surface area contributed by atoms with Crippen molar-refractivity contribution >= 4 is 55.0 Å². The van der Waals surface area contributed by atoms with Crippen LogP contribution in [-0.2, 0) is 9.59 Å². The lowest BCUT2D eigenvalue weighted by Crippen LogP contribution is -2.34. The molecule has 6 nitrogen and oxygen atoms in total. The van der Waals surface area contributed by atoms with E-state index >= 15 is 0 Å². The van der Waals surface area contributed by atoms with E-state index in [1.807, 2.05) is 0 Å². The first-order chi connectivity index (χ1) is 10.4. The van der Waals surface area contributed by atoms with E-state index in [0.29, 0.717) is 18.5 Å². The fourth-order valence-corrected chi connectivity index (χ4v) is 4.31. The van der Waals surface area contributed by atoms with Gasteiger partial charge in [-0.3, -0.25) is 24.6 Å². The Morgan fingerprint density at radius 3 is 1.86 bits per heavy atom. The minimum atomic E-state index is -0.512. The van der Waals surface area contributed by atoms with Crippen molar-refractivity contribution in [2.45, 2.75) is 22.5 Å². The number of rotatable bonds is 2. The van der Waals surface area contributed by atoms with Gasteiger partial charge in [-0.2, -0.15) is 0 Å². The number of hydrogen-bond acceptors (Lipinski definition) is 4. The van der Waals surface area contributed by atoms with Gasteiger partial charge in [-0.25, -0.2) is 0 Å². The van der Waals surface area contributed by atoms with Crippen molar-refractivity contribution < 1.29 is 14.5 Å². The quantitative estimate of drug-likeness (QED) is 0.312. The van der Waals surface area contributed by atoms with Crippen LogP contribution in [-0.4, -0.2) is 26.4 Å². The second-order valence-corrected chi connectivity index (χ2v) is 7.85. The number of amides is 2. The molecule has 0 radical (unpaired) electrons. The Balaban J connectivity index is 1.90. The third kappa shape index (κ3) is 2.48. The number of carbonyl (C=O) groups is 2. The number of halogens is 2. The lowest BCUT2D eigenvalue weighted by molar-refractivity contribution is -0.384. The molecule has 1 aromatic carbocycles. The molecule has 22 heavy (non-hydrogen) atoms. The molecule has 2 amide bonds. The van der Waals surface area contributed by atoms with Crippen molar-refractivity contribution in [2.24, 2.45) is 11.8 Å². The second kappa shape index (κ2) is 5.73. The number of anilines is 1. The monoisotopic (exact) mass is 430 g/mol. The number of nitro groups is 1. The van der Waals surface area contributed by atoms with Crippen molar-refractivity contribution in [2.75, 3.05) is 4.90 Å². The van der Waals surface area contributed by atoms with Crippen LogP contribution in [0.25, 0.3) is 0 Å². The van der Waals surface area contributed by atoms with E-state index in [2.05, 4.69) is 31.9 Å². The summed E-state index contributed by atoms with van der Waals surface area (Å²) in [6.45, 7) is 0. The van der Waals surface area contributed by atoms with E-state index in [9.17, 15) is 19.7 Å². The van der Waals surface area contributed by atoms with Gasteiger partial charge in [0.15, 0.2) is 0 Å². The molecule has 1 aliphatic carbocycles. The SMILES string of the molecule is O=C1C2CC(Br)C(Br)CC2C(=O)N1c1ccc([N+](=O)[O-])cc1. The Bertz CT molecular complexity index is 621. The third-order valence-corrected chi connectivity index (χ3v) is 6.96. The Hall–Kier alpha value is -1.28. The zero-order chi connectivity index (χ0) is 16.0. The van der Waals surface area contributed by atoms with Crippen LogP contribution in [0.1, 0.15) is 12.8 Å². The highest BCUT2D eigenvalue weighted by Gasteiger charge is 2.52. The summed E-state index contributed by atoms with van der Waals surface area (Å²) in [5.41, 5.74) is 0.327. The lowest BCUT2D eigenvalue weighted by Gasteiger charge is -2.29. The molecular formula is C14H12Br2N2O4. The van der Waals surface area contributed by atoms with Crippen molar-refractivity contribution in [3.63, 3.8) is 0 Å². The fraction of sp³-hybridized carbons (Fsp3) is 0.429. The molecule has 4 unspecified atom stereocenters. The van der Waals surface area contributed by atoms with Crippen molar-refractivity contribution in [3.05, 3.63) is 34.4 Å². The molecular weight excluding hydrogens is 420 g/mol. The van der Waals surface area contributed by atoms with Gasteiger partial charge in [0.05, 0.1) is 22.4 Å². The van der Waals surface area contributed by atoms with Gasteiger partial charge in [0.1, 0.15) is 0 Å². The zero-order valence-corrected chi connectivity index (χ0v) is 14.5. The molecule has 1 saturated heterocycles. The first kappa shape index (κ1) is 15.6. The van der Waals surface area contributed by atoms with Gasteiger partial charge in [-0.05, 0) is 25.0 Å². The molecule has 3 rings (SSSR count). The Labute approximate surface area is 143 Å². The molecule has 0 spiro atoms. The molecule has 2 aliphatic rings. The largest absolute Gasteiger partial charge is 0.274 e. The summed E-state index contributed by atoms with van der Waals surface area (Å²) in [5, 5.41) is 10.7. The average Bonchev–Trinajstić information content (AvgIpc) is 2.72. The van der Waals surface area contributed by atoms with Gasteiger partial charge in [-0.1, -0.05) is 31.9 Å². The second-order valence-electron chi connectivity index (χ2n) is 5.50. The van der Waals surface area contributed by atoms with Crippen LogP contribution in [0.15, 0.2) is 24.3 Å². The number of nitro benzene ring substituents is 1. The zero-order valence-electron chi connectivity index (χ0n) is 11.3. The summed E-state index contributed by atoms with van der Waals surface area (Å²) in [6, 6.07) is 5.50. The Kier molecular flexibility index (Phi) is 4.07. The van der Waals surface area contributed by atoms with Crippen LogP contribution in [0.3, 0.4) is 0 Å². The standard InChI is InChI=1S/C14H12Br2N2O4/c15-11-5-9-10(6-12(11)16)14(20)17(13(9)19)7-1-3-8(4-2-7)18(21)22/h1-4,9-12H,5-6H2. The summed E-state index contributed by atoms with van der Waals surface area (Å²) in [6.07, 6.45) is 1.21. The molecule has 1 saturated carbocycles. The van der Waals surface area contributed by atoms with Crippen LogP contribution in [0.2, 0.25) is 0 Å². The van der Waals surface area contributed by atoms with Gasteiger partial charge >= 0.3 is 0 Å². The van der Waals surface area contributed by atoms with E-state index in [4.69, 9.17) is 0 Å². The highest BCUT2D eigenvalue weighted by atomic mass is 79.9. The molecule has 0 N–H and O–H groups in total. The average molecular weight is 432 g/mol. The van der Waals surface area contributed by atoms with Crippen LogP contribution >= 0.6 is 31.9 Å². The van der Waals surface area contributed by atoms with Crippen LogP contribution in [0, 0.1) is 22.0 Å². The summed E-state index contributed by atoms with van der Waals surface area (Å²) in [4.78, 5) is 36.8. The van der Waals surface area contributed by atoms with Gasteiger partial charge in [0.25, 0.3) is 5.69 Å². The lowest BCUT2D eigenvalue weighted by atomic mass is 9.81. The van der Waals surface area contributed by atoms with Crippen LogP contribution in [0.5, 0.6) is 0 Å². The molecule has 1 heterocycles. The fourth-order valence-electron chi connectivity index (χ4n) is 3.07. The maximum Gasteiger partial charge on any atom is 0.269 e. The van der Waals surface area contributed by atoms with E-state index in [1.54, 1.807) is 0 Å². The molecule has 8 heteroatoms. The van der Waals surface area contributed by atoms with Gasteiger partial charge in [0, 0.05) is 21.8 Å². The smallest absolute Gasteiger partial charge is 0.269 e. The van der Waals surface area contributed by atoms with Crippen LogP contribution in [0.4, 0.5) is 11.4 Å². The molecule has 0 aromatic heterocycles. The summed E-state index contributed by atoms with van der Waals surface area (Å²) in [7, 11) is 0. The third-order valence-electron chi connectivity index (χ3n) is 4.23. The van der Waals surface area contributed by atoms with Gasteiger partial charge in [0.2, 0.25) is 11.8 Å². The summed E-state index contributed by atoms with van der Waals surface area (Å²) in [5.74, 6) is -1.07. The van der Waals surface area contributed by atoms with E-state index in [0.717, 1.165) is 0 Å². The summed E-state index contributed by atoms with van der Waals surface area (Å²) >= 11 is 7.07. The number of nitrogens with zero attached hydrogens (tertiary/aromatic N) is 2. The maximum absolute atomic E-state index is 12.6. The highest BCUT2D eigenvalue weighted by molar-refractivity contribution is 9.12. The predicted molar refractivity (Wildman–Crippen MR) is 87.2 cm³/mol. The first-order valence-electron chi connectivity index (χ1n) is 6.80. The normalized spacial score (nSPS) is 31.3. The van der Waals surface area contributed by atoms with Gasteiger partial charge in [-0.15, -0.1) is 0 Å². The molecule has 116 valence electrons.